The van der Waals surface area contributed by atoms with Crippen LogP contribution >= 0.6 is 11.8 Å². The summed E-state index contributed by atoms with van der Waals surface area (Å²) in [4.78, 5) is 15.2. The van der Waals surface area contributed by atoms with Gasteiger partial charge >= 0.3 is 0 Å². The summed E-state index contributed by atoms with van der Waals surface area (Å²) in [6, 6.07) is 15.9. The molecule has 3 aromatic carbocycles. The summed E-state index contributed by atoms with van der Waals surface area (Å²) < 4.78 is 42.8. The second kappa shape index (κ2) is 14.0. The molecule has 10 heteroatoms. The van der Waals surface area contributed by atoms with E-state index in [1.807, 2.05) is 14.1 Å². The fourth-order valence-corrected chi connectivity index (χ4v) is 4.16. The molecule has 0 aliphatic heterocycles. The number of nitrogens with zero attached hydrogens (tertiary/aromatic N) is 2. The molecule has 3 rings (SSSR count). The van der Waals surface area contributed by atoms with E-state index < -0.39 is 29.2 Å². The molecule has 7 nitrogen and oxygen atoms in total. The molecule has 0 saturated carbocycles. The van der Waals surface area contributed by atoms with Crippen molar-refractivity contribution in [1.29, 1.82) is 5.41 Å². The zero-order valence-electron chi connectivity index (χ0n) is 22.2. The van der Waals surface area contributed by atoms with E-state index in [1.54, 1.807) is 55.5 Å². The van der Waals surface area contributed by atoms with Crippen molar-refractivity contribution in [2.24, 2.45) is 5.73 Å². The van der Waals surface area contributed by atoms with Gasteiger partial charge in [-0.15, -0.1) is 0 Å². The van der Waals surface area contributed by atoms with Crippen LogP contribution in [0.15, 0.2) is 60.7 Å². The number of hydrogen-bond donors (Lipinski definition) is 2. The van der Waals surface area contributed by atoms with E-state index in [0.29, 0.717) is 34.6 Å². The number of carbonyl (C=O) groups excluding carboxylic acids is 1. The molecule has 0 spiro atoms. The Bertz CT molecular complexity index is 1260. The Morgan fingerprint density at radius 1 is 1.05 bits per heavy atom. The number of halogens is 3. The van der Waals surface area contributed by atoms with Gasteiger partial charge in [-0.1, -0.05) is 36.4 Å². The SMILES string of the molecule is CCOC(C(=O)N(Cl)Cc1ccc(C(=N)N)cc1)c1c(F)cc(-c2cccc(OCCCN(C)C)c2)cc1F. The van der Waals surface area contributed by atoms with E-state index in [4.69, 9.17) is 32.4 Å². The summed E-state index contributed by atoms with van der Waals surface area (Å²) >= 11 is 6.24. The Morgan fingerprint density at radius 3 is 2.31 bits per heavy atom. The molecular weight excluding hydrogens is 526 g/mol. The third-order valence-corrected chi connectivity index (χ3v) is 6.20. The maximum Gasteiger partial charge on any atom is 0.271 e. The highest BCUT2D eigenvalue weighted by Crippen LogP contribution is 2.32. The van der Waals surface area contributed by atoms with Gasteiger partial charge in [0.25, 0.3) is 5.91 Å². The number of ether oxygens (including phenoxy) is 2. The molecule has 0 radical (unpaired) electrons. The summed E-state index contributed by atoms with van der Waals surface area (Å²) in [5, 5.41) is 7.47. The van der Waals surface area contributed by atoms with Gasteiger partial charge in [0.05, 0.1) is 18.7 Å². The molecule has 208 valence electrons. The zero-order chi connectivity index (χ0) is 28.5. The van der Waals surface area contributed by atoms with Crippen molar-refractivity contribution in [2.75, 3.05) is 33.9 Å². The summed E-state index contributed by atoms with van der Waals surface area (Å²) in [6.45, 7) is 2.99. The van der Waals surface area contributed by atoms with Crippen LogP contribution in [-0.2, 0) is 16.1 Å². The molecule has 1 atom stereocenters. The first kappa shape index (κ1) is 30.0. The molecule has 1 amide bonds. The molecule has 3 aromatic rings. The van der Waals surface area contributed by atoms with Crippen LogP contribution in [0.1, 0.15) is 36.1 Å². The van der Waals surface area contributed by atoms with Gasteiger partial charge in [0.1, 0.15) is 23.2 Å². The smallest absolute Gasteiger partial charge is 0.271 e. The fraction of sp³-hybridized carbons (Fsp3) is 0.310. The van der Waals surface area contributed by atoms with Crippen LogP contribution in [0.25, 0.3) is 11.1 Å². The third-order valence-electron chi connectivity index (χ3n) is 5.91. The molecular formula is C29H33ClF2N4O3. The van der Waals surface area contributed by atoms with Crippen LogP contribution in [0.4, 0.5) is 8.78 Å². The summed E-state index contributed by atoms with van der Waals surface area (Å²) in [7, 11) is 3.97. The molecule has 0 aliphatic carbocycles. The number of carbonyl (C=O) groups is 1. The van der Waals surface area contributed by atoms with Crippen LogP contribution in [0.3, 0.4) is 0 Å². The van der Waals surface area contributed by atoms with E-state index in [9.17, 15) is 4.79 Å². The fourth-order valence-electron chi connectivity index (χ4n) is 3.94. The number of nitrogen functional groups attached to an aromatic ring is 1. The monoisotopic (exact) mass is 558 g/mol. The Morgan fingerprint density at radius 2 is 1.72 bits per heavy atom. The number of nitrogens with one attached hydrogen (secondary N) is 1. The number of nitrogens with two attached hydrogens (primary N) is 1. The molecule has 3 N–H and O–H groups in total. The minimum atomic E-state index is -1.58. The maximum atomic E-state index is 15.4. The molecule has 0 heterocycles. The van der Waals surface area contributed by atoms with Crippen LogP contribution in [-0.4, -0.2) is 54.9 Å². The van der Waals surface area contributed by atoms with Gasteiger partial charge in [-0.05, 0) is 68.4 Å². The van der Waals surface area contributed by atoms with Gasteiger partial charge in [0.2, 0.25) is 0 Å². The van der Waals surface area contributed by atoms with E-state index >= 15 is 8.78 Å². The predicted octanol–water partition coefficient (Wildman–Crippen LogP) is 5.51. The van der Waals surface area contributed by atoms with Gasteiger partial charge in [0.15, 0.2) is 6.10 Å². The lowest BCUT2D eigenvalue weighted by molar-refractivity contribution is -0.139. The van der Waals surface area contributed by atoms with Gasteiger partial charge in [-0.25, -0.2) is 13.2 Å². The minimum Gasteiger partial charge on any atom is -0.494 e. The standard InChI is InChI=1S/C29H33ClF2N4O3/c1-4-38-27(29(37)36(30)18-19-9-11-20(12-10-19)28(33)34)26-24(31)16-22(17-25(26)32)21-7-5-8-23(15-21)39-14-6-13-35(2)3/h5,7-12,15-17,27H,4,6,13-14,18H2,1-3H3,(H3,33,34). The van der Waals surface area contributed by atoms with Gasteiger partial charge in [0, 0.05) is 30.5 Å². The van der Waals surface area contributed by atoms with Crippen molar-refractivity contribution < 1.29 is 23.0 Å². The first-order valence-electron chi connectivity index (χ1n) is 12.5. The van der Waals surface area contributed by atoms with Crippen LogP contribution < -0.4 is 10.5 Å². The lowest BCUT2D eigenvalue weighted by Gasteiger charge is -2.23. The molecule has 0 fully saturated rings. The maximum absolute atomic E-state index is 15.4. The summed E-state index contributed by atoms with van der Waals surface area (Å²) in [5.74, 6) is -2.17. The number of benzene rings is 3. The van der Waals surface area contributed by atoms with E-state index in [1.165, 1.54) is 12.1 Å². The van der Waals surface area contributed by atoms with Crippen molar-refractivity contribution in [3.63, 3.8) is 0 Å². The number of rotatable bonds is 13. The normalized spacial score (nSPS) is 11.9. The topological polar surface area (TPSA) is 91.9 Å². The zero-order valence-corrected chi connectivity index (χ0v) is 23.0. The number of amidine groups is 1. The Hall–Kier alpha value is -3.53. The lowest BCUT2D eigenvalue weighted by atomic mass is 9.99. The van der Waals surface area contributed by atoms with Crippen molar-refractivity contribution in [1.82, 2.24) is 9.32 Å². The lowest BCUT2D eigenvalue weighted by Crippen LogP contribution is -2.30. The van der Waals surface area contributed by atoms with Crippen molar-refractivity contribution >= 4 is 23.5 Å². The molecule has 0 saturated heterocycles. The third kappa shape index (κ3) is 8.23. The Kier molecular flexibility index (Phi) is 10.8. The molecule has 1 unspecified atom stereocenters. The predicted molar refractivity (Wildman–Crippen MR) is 149 cm³/mol. The van der Waals surface area contributed by atoms with E-state index in [2.05, 4.69) is 4.90 Å². The van der Waals surface area contributed by atoms with Crippen molar-refractivity contribution in [2.45, 2.75) is 26.0 Å². The molecule has 0 aliphatic rings. The quantitative estimate of drug-likeness (QED) is 0.125. The number of hydrogen-bond acceptors (Lipinski definition) is 5. The molecule has 0 bridgehead atoms. The summed E-state index contributed by atoms with van der Waals surface area (Å²) in [6.07, 6.45) is -0.743. The number of amides is 1. The first-order chi connectivity index (χ1) is 18.6. The highest BCUT2D eigenvalue weighted by molar-refractivity contribution is 6.21. The molecule has 0 aromatic heterocycles. The van der Waals surface area contributed by atoms with E-state index in [0.717, 1.165) is 17.4 Å². The van der Waals surface area contributed by atoms with Gasteiger partial charge in [-0.2, -0.15) is 0 Å². The first-order valence-corrected chi connectivity index (χ1v) is 12.8. The second-order valence-electron chi connectivity index (χ2n) is 9.19. The van der Waals surface area contributed by atoms with Gasteiger partial charge < -0.3 is 20.1 Å². The highest BCUT2D eigenvalue weighted by Gasteiger charge is 2.32. The van der Waals surface area contributed by atoms with Crippen molar-refractivity contribution in [3.05, 3.63) is 89.0 Å². The van der Waals surface area contributed by atoms with Crippen molar-refractivity contribution in [3.8, 4) is 16.9 Å². The Balaban J connectivity index is 1.80. The summed E-state index contributed by atoms with van der Waals surface area (Å²) in [5.41, 5.74) is 6.97. The highest BCUT2D eigenvalue weighted by atomic mass is 35.5. The van der Waals surface area contributed by atoms with Crippen LogP contribution in [0.5, 0.6) is 5.75 Å². The Labute approximate surface area is 232 Å². The average Bonchev–Trinajstić information content (AvgIpc) is 2.90. The minimum absolute atomic E-state index is 0.0300. The molecule has 39 heavy (non-hydrogen) atoms. The van der Waals surface area contributed by atoms with Gasteiger partial charge in [-0.3, -0.25) is 10.2 Å². The second-order valence-corrected chi connectivity index (χ2v) is 9.60. The van der Waals surface area contributed by atoms with Crippen LogP contribution in [0.2, 0.25) is 0 Å². The average molecular weight is 559 g/mol. The van der Waals surface area contributed by atoms with E-state index in [-0.39, 0.29) is 19.0 Å². The largest absolute Gasteiger partial charge is 0.494 e. The van der Waals surface area contributed by atoms with Crippen LogP contribution in [0, 0.1) is 17.0 Å².